The third kappa shape index (κ3) is 6.27. The van der Waals surface area contributed by atoms with Crippen LogP contribution in [0.3, 0.4) is 0 Å². The van der Waals surface area contributed by atoms with Crippen molar-refractivity contribution < 1.29 is 14.3 Å². The second kappa shape index (κ2) is 6.59. The van der Waals surface area contributed by atoms with Gasteiger partial charge in [-0.15, -0.1) is 11.8 Å². The van der Waals surface area contributed by atoms with Gasteiger partial charge in [0.2, 0.25) is 3.79 Å². The van der Waals surface area contributed by atoms with Crippen molar-refractivity contribution in [3.8, 4) is 5.75 Å². The van der Waals surface area contributed by atoms with Crippen molar-refractivity contribution in [3.05, 3.63) is 24.3 Å². The number of alkyl halides is 3. The van der Waals surface area contributed by atoms with Gasteiger partial charge in [-0.3, -0.25) is 0 Å². The largest absolute Gasteiger partial charge is 0.513 e. The number of ether oxygens (including phenoxy) is 2. The zero-order valence-electron chi connectivity index (χ0n) is 8.78. The smallest absolute Gasteiger partial charge is 0.429 e. The summed E-state index contributed by atoms with van der Waals surface area (Å²) >= 11 is 17.8. The quantitative estimate of drug-likeness (QED) is 0.361. The fourth-order valence-corrected chi connectivity index (χ4v) is 1.48. The van der Waals surface area contributed by atoms with Crippen LogP contribution in [0, 0.1) is 0 Å². The van der Waals surface area contributed by atoms with E-state index in [0.29, 0.717) is 5.75 Å². The predicted octanol–water partition coefficient (Wildman–Crippen LogP) is 4.29. The summed E-state index contributed by atoms with van der Waals surface area (Å²) in [5.74, 6) is 0.372. The van der Waals surface area contributed by atoms with Crippen LogP contribution in [-0.4, -0.2) is 22.8 Å². The van der Waals surface area contributed by atoms with Crippen molar-refractivity contribution in [2.45, 2.75) is 8.69 Å². The van der Waals surface area contributed by atoms with Crippen LogP contribution in [0.15, 0.2) is 29.2 Å². The van der Waals surface area contributed by atoms with E-state index in [0.717, 1.165) is 4.90 Å². The number of hydrogen-bond acceptors (Lipinski definition) is 4. The van der Waals surface area contributed by atoms with Crippen LogP contribution in [0.4, 0.5) is 4.79 Å². The molecule has 0 saturated carbocycles. The predicted molar refractivity (Wildman–Crippen MR) is 70.5 cm³/mol. The average molecular weight is 316 g/mol. The van der Waals surface area contributed by atoms with Crippen LogP contribution in [0.25, 0.3) is 0 Å². The summed E-state index contributed by atoms with van der Waals surface area (Å²) < 4.78 is 7.83. The first-order chi connectivity index (χ1) is 7.90. The van der Waals surface area contributed by atoms with E-state index in [4.69, 9.17) is 39.5 Å². The standard InChI is InChI=1S/C10H9Cl3O3S/c1-17-8-4-2-7(3-5-8)16-9(14)15-6-10(11,12)13/h2-5H,6H2,1H3. The summed E-state index contributed by atoms with van der Waals surface area (Å²) in [4.78, 5) is 12.3. The molecule has 7 heteroatoms. The molecule has 0 aromatic heterocycles. The monoisotopic (exact) mass is 314 g/mol. The van der Waals surface area contributed by atoms with Gasteiger partial charge < -0.3 is 9.47 Å². The number of carbonyl (C=O) groups is 1. The molecular weight excluding hydrogens is 307 g/mol. The zero-order valence-corrected chi connectivity index (χ0v) is 11.9. The molecule has 0 N–H and O–H groups in total. The minimum absolute atomic E-state index is 0.362. The van der Waals surface area contributed by atoms with Gasteiger partial charge in [0, 0.05) is 4.90 Å². The number of hydrogen-bond donors (Lipinski definition) is 0. The van der Waals surface area contributed by atoms with Crippen LogP contribution in [0.5, 0.6) is 5.75 Å². The Morgan fingerprint density at radius 3 is 2.35 bits per heavy atom. The molecule has 0 saturated heterocycles. The molecule has 0 bridgehead atoms. The van der Waals surface area contributed by atoms with Gasteiger partial charge in [0.05, 0.1) is 0 Å². The minimum Gasteiger partial charge on any atom is -0.429 e. The SMILES string of the molecule is CSc1ccc(OC(=O)OCC(Cl)(Cl)Cl)cc1. The average Bonchev–Trinajstić information content (AvgIpc) is 2.27. The Morgan fingerprint density at radius 1 is 1.29 bits per heavy atom. The van der Waals surface area contributed by atoms with Gasteiger partial charge in [-0.1, -0.05) is 34.8 Å². The lowest BCUT2D eigenvalue weighted by Crippen LogP contribution is -2.19. The molecule has 0 spiro atoms. The first kappa shape index (κ1) is 14.8. The van der Waals surface area contributed by atoms with E-state index in [1.54, 1.807) is 23.9 Å². The second-order valence-electron chi connectivity index (χ2n) is 2.93. The number of halogens is 3. The molecule has 0 radical (unpaired) electrons. The Balaban J connectivity index is 2.45. The van der Waals surface area contributed by atoms with Gasteiger partial charge in [0.15, 0.2) is 0 Å². The van der Waals surface area contributed by atoms with Gasteiger partial charge in [0.1, 0.15) is 12.4 Å². The number of thioether (sulfide) groups is 1. The minimum atomic E-state index is -1.64. The van der Waals surface area contributed by atoms with E-state index in [1.165, 1.54) is 0 Å². The van der Waals surface area contributed by atoms with Crippen molar-refractivity contribution >= 4 is 52.7 Å². The van der Waals surface area contributed by atoms with Crippen LogP contribution in [0.1, 0.15) is 0 Å². The van der Waals surface area contributed by atoms with Crippen molar-refractivity contribution in [1.29, 1.82) is 0 Å². The molecule has 1 aromatic rings. The molecule has 94 valence electrons. The molecular formula is C10H9Cl3O3S. The molecule has 17 heavy (non-hydrogen) atoms. The normalized spacial score (nSPS) is 11.1. The summed E-state index contributed by atoms with van der Waals surface area (Å²) in [6.07, 6.45) is 1.04. The molecule has 1 rings (SSSR count). The van der Waals surface area contributed by atoms with Gasteiger partial charge in [0.25, 0.3) is 0 Å². The van der Waals surface area contributed by atoms with Crippen molar-refractivity contribution in [2.75, 3.05) is 12.9 Å². The highest BCUT2D eigenvalue weighted by Crippen LogP contribution is 2.26. The first-order valence-electron chi connectivity index (χ1n) is 4.46. The number of benzene rings is 1. The molecule has 0 atom stereocenters. The Bertz CT molecular complexity index is 375. The highest BCUT2D eigenvalue weighted by atomic mass is 35.6. The summed E-state index contributed by atoms with van der Waals surface area (Å²) in [5, 5.41) is 0. The third-order valence-electron chi connectivity index (χ3n) is 1.61. The fourth-order valence-electron chi connectivity index (χ4n) is 0.910. The summed E-state index contributed by atoms with van der Waals surface area (Å²) in [7, 11) is 0. The molecule has 0 aliphatic rings. The molecule has 0 aliphatic carbocycles. The maximum Gasteiger partial charge on any atom is 0.513 e. The molecule has 0 amide bonds. The first-order valence-corrected chi connectivity index (χ1v) is 6.82. The lowest BCUT2D eigenvalue weighted by Gasteiger charge is -2.11. The van der Waals surface area contributed by atoms with Crippen molar-refractivity contribution in [1.82, 2.24) is 0 Å². The highest BCUT2D eigenvalue weighted by molar-refractivity contribution is 7.98. The molecule has 1 aromatic carbocycles. The van der Waals surface area contributed by atoms with E-state index in [-0.39, 0.29) is 6.61 Å². The van der Waals surface area contributed by atoms with E-state index < -0.39 is 9.95 Å². The van der Waals surface area contributed by atoms with E-state index >= 15 is 0 Å². The molecule has 0 fully saturated rings. The Labute approximate surface area is 118 Å². The summed E-state index contributed by atoms with van der Waals surface area (Å²) in [5.41, 5.74) is 0. The van der Waals surface area contributed by atoms with E-state index in [9.17, 15) is 4.79 Å². The molecule has 3 nitrogen and oxygen atoms in total. The molecule has 0 unspecified atom stereocenters. The maximum absolute atomic E-state index is 11.2. The van der Waals surface area contributed by atoms with Gasteiger partial charge in [-0.2, -0.15) is 0 Å². The van der Waals surface area contributed by atoms with Gasteiger partial charge >= 0.3 is 6.16 Å². The molecule has 0 aliphatic heterocycles. The highest BCUT2D eigenvalue weighted by Gasteiger charge is 2.22. The lowest BCUT2D eigenvalue weighted by atomic mass is 10.3. The Kier molecular flexibility index (Phi) is 5.73. The second-order valence-corrected chi connectivity index (χ2v) is 6.33. The van der Waals surface area contributed by atoms with E-state index in [2.05, 4.69) is 4.74 Å². The summed E-state index contributed by atoms with van der Waals surface area (Å²) in [6, 6.07) is 6.95. The van der Waals surface area contributed by atoms with Crippen LogP contribution >= 0.6 is 46.6 Å². The number of carbonyl (C=O) groups excluding carboxylic acids is 1. The zero-order chi connectivity index (χ0) is 12.9. The molecule has 0 heterocycles. The van der Waals surface area contributed by atoms with Crippen LogP contribution < -0.4 is 4.74 Å². The Morgan fingerprint density at radius 2 is 1.88 bits per heavy atom. The topological polar surface area (TPSA) is 35.5 Å². The van der Waals surface area contributed by atoms with Crippen LogP contribution in [0.2, 0.25) is 0 Å². The van der Waals surface area contributed by atoms with Gasteiger partial charge in [-0.25, -0.2) is 4.79 Å². The fraction of sp³-hybridized carbons (Fsp3) is 0.300. The van der Waals surface area contributed by atoms with Crippen LogP contribution in [-0.2, 0) is 4.74 Å². The van der Waals surface area contributed by atoms with Crippen molar-refractivity contribution in [2.24, 2.45) is 0 Å². The lowest BCUT2D eigenvalue weighted by molar-refractivity contribution is 0.101. The maximum atomic E-state index is 11.2. The van der Waals surface area contributed by atoms with Crippen molar-refractivity contribution in [3.63, 3.8) is 0 Å². The Hall–Kier alpha value is -0.290. The summed E-state index contributed by atoms with van der Waals surface area (Å²) in [6.45, 7) is -0.362. The van der Waals surface area contributed by atoms with Gasteiger partial charge in [-0.05, 0) is 30.5 Å². The van der Waals surface area contributed by atoms with E-state index in [1.807, 2.05) is 18.4 Å². The third-order valence-corrected chi connectivity index (χ3v) is 2.69. The number of rotatable bonds is 3.